The van der Waals surface area contributed by atoms with Crippen LogP contribution < -0.4 is 10.1 Å². The Morgan fingerprint density at radius 3 is 2.52 bits per heavy atom. The van der Waals surface area contributed by atoms with E-state index in [2.05, 4.69) is 5.32 Å². The molecule has 0 bridgehead atoms. The molecule has 0 saturated carbocycles. The van der Waals surface area contributed by atoms with Gasteiger partial charge in [0.1, 0.15) is 12.3 Å². The number of nitrogens with zero attached hydrogens (tertiary/aromatic N) is 1. The highest BCUT2D eigenvalue weighted by molar-refractivity contribution is 5.95. The van der Waals surface area contributed by atoms with Crippen LogP contribution in [0.1, 0.15) is 23.6 Å². The fourth-order valence-electron chi connectivity index (χ4n) is 2.55. The number of ether oxygens (including phenoxy) is 1. The van der Waals surface area contributed by atoms with Crippen molar-refractivity contribution in [1.82, 2.24) is 4.90 Å². The molecular weight excluding hydrogens is 316 g/mol. The first-order valence-electron chi connectivity index (χ1n) is 8.15. The highest BCUT2D eigenvalue weighted by Crippen LogP contribution is 2.20. The summed E-state index contributed by atoms with van der Waals surface area (Å²) in [5.41, 5.74) is 3.68. The summed E-state index contributed by atoms with van der Waals surface area (Å²) in [5.74, 6) is 0.310. The van der Waals surface area contributed by atoms with Gasteiger partial charge in [-0.15, -0.1) is 0 Å². The number of methoxy groups -OCH3 is 1. The maximum Gasteiger partial charge on any atom is 0.244 e. The smallest absolute Gasteiger partial charge is 0.244 e. The normalized spacial score (nSPS) is 10.2. The molecule has 0 unspecified atom stereocenters. The van der Waals surface area contributed by atoms with Gasteiger partial charge >= 0.3 is 0 Å². The summed E-state index contributed by atoms with van der Waals surface area (Å²) in [5, 5.41) is 2.89. The summed E-state index contributed by atoms with van der Waals surface area (Å²) < 4.78 is 5.32. The van der Waals surface area contributed by atoms with Crippen LogP contribution in [0.4, 0.5) is 5.69 Å². The molecular formula is C20H24N2O3. The van der Waals surface area contributed by atoms with Gasteiger partial charge in [0.05, 0.1) is 7.11 Å². The van der Waals surface area contributed by atoms with Crippen molar-refractivity contribution in [2.75, 3.05) is 19.0 Å². The average Bonchev–Trinajstić information content (AvgIpc) is 2.58. The zero-order valence-corrected chi connectivity index (χ0v) is 15.1. The summed E-state index contributed by atoms with van der Waals surface area (Å²) in [4.78, 5) is 25.9. The molecule has 2 rings (SSSR count). The molecule has 0 heterocycles. The SMILES string of the molecule is COc1ccccc1CN(CC(=O)Nc1cc(C)ccc1C)C(C)=O. The first-order chi connectivity index (χ1) is 11.9. The highest BCUT2D eigenvalue weighted by atomic mass is 16.5. The minimum Gasteiger partial charge on any atom is -0.496 e. The summed E-state index contributed by atoms with van der Waals surface area (Å²) in [7, 11) is 1.59. The molecule has 0 saturated heterocycles. The van der Waals surface area contributed by atoms with Gasteiger partial charge in [0.2, 0.25) is 11.8 Å². The van der Waals surface area contributed by atoms with E-state index in [1.54, 1.807) is 7.11 Å². The zero-order chi connectivity index (χ0) is 18.4. The van der Waals surface area contributed by atoms with Crippen molar-refractivity contribution >= 4 is 17.5 Å². The average molecular weight is 340 g/mol. The van der Waals surface area contributed by atoms with Crippen molar-refractivity contribution in [1.29, 1.82) is 0 Å². The first kappa shape index (κ1) is 18.5. The number of carbonyl (C=O) groups is 2. The van der Waals surface area contributed by atoms with Crippen molar-refractivity contribution in [3.8, 4) is 5.75 Å². The molecule has 25 heavy (non-hydrogen) atoms. The van der Waals surface area contributed by atoms with Gasteiger partial charge in [-0.25, -0.2) is 0 Å². The van der Waals surface area contributed by atoms with Crippen LogP contribution in [0.15, 0.2) is 42.5 Å². The molecule has 2 aromatic carbocycles. The van der Waals surface area contributed by atoms with Crippen LogP contribution in [0.3, 0.4) is 0 Å². The number of hydrogen-bond acceptors (Lipinski definition) is 3. The maximum absolute atomic E-state index is 12.4. The molecule has 0 radical (unpaired) electrons. The summed E-state index contributed by atoms with van der Waals surface area (Å²) in [6.07, 6.45) is 0. The number of aryl methyl sites for hydroxylation is 2. The summed E-state index contributed by atoms with van der Waals surface area (Å²) in [6.45, 7) is 5.67. The number of rotatable bonds is 6. The molecule has 0 aliphatic rings. The van der Waals surface area contributed by atoms with Gasteiger partial charge in [-0.3, -0.25) is 9.59 Å². The second-order valence-electron chi connectivity index (χ2n) is 6.05. The van der Waals surface area contributed by atoms with Crippen molar-refractivity contribution in [2.24, 2.45) is 0 Å². The monoisotopic (exact) mass is 340 g/mol. The van der Waals surface area contributed by atoms with Crippen LogP contribution in [0.25, 0.3) is 0 Å². The van der Waals surface area contributed by atoms with Gasteiger partial charge < -0.3 is 15.0 Å². The van der Waals surface area contributed by atoms with E-state index in [9.17, 15) is 9.59 Å². The Bertz CT molecular complexity index is 771. The molecule has 5 nitrogen and oxygen atoms in total. The van der Waals surface area contributed by atoms with E-state index >= 15 is 0 Å². The van der Waals surface area contributed by atoms with Gasteiger partial charge in [0.15, 0.2) is 0 Å². The van der Waals surface area contributed by atoms with Crippen molar-refractivity contribution in [3.05, 3.63) is 59.2 Å². The van der Waals surface area contributed by atoms with Gasteiger partial charge in [-0.05, 0) is 37.1 Å². The molecule has 0 spiro atoms. The predicted octanol–water partition coefficient (Wildman–Crippen LogP) is 3.30. The summed E-state index contributed by atoms with van der Waals surface area (Å²) >= 11 is 0. The minimum absolute atomic E-state index is 0.0131. The van der Waals surface area contributed by atoms with E-state index in [-0.39, 0.29) is 18.4 Å². The number of hydrogen-bond donors (Lipinski definition) is 1. The number of carbonyl (C=O) groups excluding carboxylic acids is 2. The Hall–Kier alpha value is -2.82. The van der Waals surface area contributed by atoms with E-state index < -0.39 is 0 Å². The van der Waals surface area contributed by atoms with E-state index in [0.717, 1.165) is 22.4 Å². The Morgan fingerprint density at radius 1 is 1.12 bits per heavy atom. The lowest BCUT2D eigenvalue weighted by atomic mass is 10.1. The zero-order valence-electron chi connectivity index (χ0n) is 15.1. The van der Waals surface area contributed by atoms with Crippen molar-refractivity contribution in [2.45, 2.75) is 27.3 Å². The van der Waals surface area contributed by atoms with Crippen LogP contribution in [0.5, 0.6) is 5.75 Å². The number of benzene rings is 2. The molecule has 0 aliphatic carbocycles. The topological polar surface area (TPSA) is 58.6 Å². The number of anilines is 1. The third kappa shape index (κ3) is 5.08. The van der Waals surface area contributed by atoms with Crippen LogP contribution >= 0.6 is 0 Å². The first-order valence-corrected chi connectivity index (χ1v) is 8.15. The lowest BCUT2D eigenvalue weighted by molar-refractivity contribution is -0.133. The van der Waals surface area contributed by atoms with Gasteiger partial charge in [0.25, 0.3) is 0 Å². The second-order valence-corrected chi connectivity index (χ2v) is 6.05. The Morgan fingerprint density at radius 2 is 1.84 bits per heavy atom. The fourth-order valence-corrected chi connectivity index (χ4v) is 2.55. The number of nitrogens with one attached hydrogen (secondary N) is 1. The molecule has 2 amide bonds. The third-order valence-electron chi connectivity index (χ3n) is 4.00. The third-order valence-corrected chi connectivity index (χ3v) is 4.00. The molecule has 5 heteroatoms. The number of para-hydroxylation sites is 1. The number of amides is 2. The van der Waals surface area contributed by atoms with E-state index in [0.29, 0.717) is 12.3 Å². The standard InChI is InChI=1S/C20H24N2O3/c1-14-9-10-15(2)18(11-14)21-20(24)13-22(16(3)23)12-17-7-5-6-8-19(17)25-4/h5-11H,12-13H2,1-4H3,(H,21,24). The summed E-state index contributed by atoms with van der Waals surface area (Å²) in [6, 6.07) is 13.4. The predicted molar refractivity (Wildman–Crippen MR) is 98.6 cm³/mol. The maximum atomic E-state index is 12.4. The molecule has 0 aliphatic heterocycles. The van der Waals surface area contributed by atoms with Gasteiger partial charge in [-0.2, -0.15) is 0 Å². The largest absolute Gasteiger partial charge is 0.496 e. The van der Waals surface area contributed by atoms with Gasteiger partial charge in [-0.1, -0.05) is 30.3 Å². The van der Waals surface area contributed by atoms with Crippen molar-refractivity contribution in [3.63, 3.8) is 0 Å². The van der Waals surface area contributed by atoms with Crippen LogP contribution in [0.2, 0.25) is 0 Å². The Balaban J connectivity index is 2.09. The molecule has 132 valence electrons. The molecule has 0 atom stereocenters. The van der Waals surface area contributed by atoms with Gasteiger partial charge in [0, 0.05) is 24.7 Å². The molecule has 1 N–H and O–H groups in total. The van der Waals surface area contributed by atoms with E-state index in [1.807, 2.05) is 56.3 Å². The van der Waals surface area contributed by atoms with Crippen LogP contribution in [0, 0.1) is 13.8 Å². The van der Waals surface area contributed by atoms with E-state index in [4.69, 9.17) is 4.74 Å². The Labute approximate surface area is 148 Å². The molecule has 0 fully saturated rings. The fraction of sp³-hybridized carbons (Fsp3) is 0.300. The Kier molecular flexibility index (Phi) is 6.17. The second kappa shape index (κ2) is 8.33. The highest BCUT2D eigenvalue weighted by Gasteiger charge is 2.16. The van der Waals surface area contributed by atoms with Crippen molar-refractivity contribution < 1.29 is 14.3 Å². The quantitative estimate of drug-likeness (QED) is 0.878. The molecule has 2 aromatic rings. The lowest BCUT2D eigenvalue weighted by Crippen LogP contribution is -2.36. The van der Waals surface area contributed by atoms with E-state index in [1.165, 1.54) is 11.8 Å². The molecule has 0 aromatic heterocycles. The lowest BCUT2D eigenvalue weighted by Gasteiger charge is -2.22. The van der Waals surface area contributed by atoms with Crippen LogP contribution in [-0.2, 0) is 16.1 Å². The minimum atomic E-state index is -0.223. The van der Waals surface area contributed by atoms with Crippen LogP contribution in [-0.4, -0.2) is 30.4 Å².